The molecule has 0 spiro atoms. The predicted octanol–water partition coefficient (Wildman–Crippen LogP) is 3.09. The van der Waals surface area contributed by atoms with Gasteiger partial charge in [0, 0.05) is 26.2 Å². The zero-order chi connectivity index (χ0) is 14.5. The summed E-state index contributed by atoms with van der Waals surface area (Å²) < 4.78 is 11.3. The van der Waals surface area contributed by atoms with E-state index in [4.69, 9.17) is 9.15 Å². The van der Waals surface area contributed by atoms with Gasteiger partial charge in [-0.3, -0.25) is 4.90 Å². The summed E-state index contributed by atoms with van der Waals surface area (Å²) in [5.41, 5.74) is 0. The third-order valence-electron chi connectivity index (χ3n) is 3.67. The Labute approximate surface area is 128 Å². The van der Waals surface area contributed by atoms with Gasteiger partial charge in [-0.25, -0.2) is 4.79 Å². The van der Waals surface area contributed by atoms with Crippen LogP contribution < -0.4 is 0 Å². The minimum absolute atomic E-state index is 0.221. The fraction of sp³-hybridized carbons (Fsp3) is 0.643. The largest absolute Gasteiger partial charge is 0.453 e. The summed E-state index contributed by atoms with van der Waals surface area (Å²) in [6.07, 6.45) is 1.72. The van der Waals surface area contributed by atoms with Gasteiger partial charge in [-0.15, -0.1) is 0 Å². The first-order valence-electron chi connectivity index (χ1n) is 6.96. The van der Waals surface area contributed by atoms with E-state index in [0.29, 0.717) is 6.61 Å². The van der Waals surface area contributed by atoms with E-state index in [1.54, 1.807) is 4.90 Å². The van der Waals surface area contributed by atoms with Crippen molar-refractivity contribution in [2.45, 2.75) is 32.4 Å². The van der Waals surface area contributed by atoms with Crippen LogP contribution in [0.15, 0.2) is 21.2 Å². The number of amides is 1. The molecule has 0 saturated carbocycles. The standard InChI is InChI=1S/C14H21BrN2O3/c1-3-19-14(18)16(2)11-6-8-17(9-7-11)10-12-4-5-13(15)20-12/h4-5,11H,3,6-10H2,1-2H3. The number of halogens is 1. The van der Waals surface area contributed by atoms with E-state index in [1.807, 2.05) is 26.1 Å². The van der Waals surface area contributed by atoms with Crippen molar-refractivity contribution in [2.75, 3.05) is 26.7 Å². The van der Waals surface area contributed by atoms with Gasteiger partial charge in [-0.1, -0.05) is 0 Å². The Morgan fingerprint density at radius 2 is 2.20 bits per heavy atom. The third-order valence-corrected chi connectivity index (χ3v) is 4.10. The average Bonchev–Trinajstić information content (AvgIpc) is 2.84. The molecule has 1 aliphatic heterocycles. The Kier molecular flexibility index (Phi) is 5.48. The van der Waals surface area contributed by atoms with Crippen molar-refractivity contribution in [1.82, 2.24) is 9.80 Å². The summed E-state index contributed by atoms with van der Waals surface area (Å²) >= 11 is 3.31. The number of nitrogens with zero attached hydrogens (tertiary/aromatic N) is 2. The van der Waals surface area contributed by atoms with Crippen molar-refractivity contribution >= 4 is 22.0 Å². The van der Waals surface area contributed by atoms with E-state index in [9.17, 15) is 4.79 Å². The smallest absolute Gasteiger partial charge is 0.409 e. The first-order chi connectivity index (χ1) is 9.60. The molecule has 0 bridgehead atoms. The van der Waals surface area contributed by atoms with Gasteiger partial charge in [0.1, 0.15) is 5.76 Å². The van der Waals surface area contributed by atoms with Crippen LogP contribution in [0, 0.1) is 0 Å². The van der Waals surface area contributed by atoms with Gasteiger partial charge in [-0.2, -0.15) is 0 Å². The van der Waals surface area contributed by atoms with Gasteiger partial charge >= 0.3 is 6.09 Å². The van der Waals surface area contributed by atoms with Crippen LogP contribution >= 0.6 is 15.9 Å². The van der Waals surface area contributed by atoms with Gasteiger partial charge in [0.15, 0.2) is 4.67 Å². The minimum Gasteiger partial charge on any atom is -0.453 e. The minimum atomic E-state index is -0.221. The molecule has 0 aromatic carbocycles. The van der Waals surface area contributed by atoms with Crippen LogP contribution in [0.3, 0.4) is 0 Å². The maximum absolute atomic E-state index is 11.7. The van der Waals surface area contributed by atoms with Crippen LogP contribution in [0.1, 0.15) is 25.5 Å². The van der Waals surface area contributed by atoms with Crippen molar-refractivity contribution in [3.05, 3.63) is 22.6 Å². The van der Waals surface area contributed by atoms with E-state index in [1.165, 1.54) is 0 Å². The Hall–Kier alpha value is -1.01. The summed E-state index contributed by atoms with van der Waals surface area (Å²) in [5.74, 6) is 0.967. The van der Waals surface area contributed by atoms with Gasteiger partial charge in [0.25, 0.3) is 0 Å². The van der Waals surface area contributed by atoms with Gasteiger partial charge in [0.05, 0.1) is 13.2 Å². The quantitative estimate of drug-likeness (QED) is 0.841. The van der Waals surface area contributed by atoms with E-state index in [2.05, 4.69) is 20.8 Å². The highest BCUT2D eigenvalue weighted by molar-refractivity contribution is 9.10. The van der Waals surface area contributed by atoms with Crippen LogP contribution in [0.5, 0.6) is 0 Å². The van der Waals surface area contributed by atoms with E-state index in [0.717, 1.165) is 42.9 Å². The number of rotatable bonds is 4. The number of piperidine rings is 1. The molecule has 0 radical (unpaired) electrons. The molecule has 1 aromatic rings. The molecule has 0 aliphatic carbocycles. The lowest BCUT2D eigenvalue weighted by molar-refractivity contribution is 0.0774. The lowest BCUT2D eigenvalue weighted by Crippen LogP contribution is -2.45. The Morgan fingerprint density at radius 3 is 2.75 bits per heavy atom. The summed E-state index contributed by atoms with van der Waals surface area (Å²) in [4.78, 5) is 15.8. The first kappa shape index (κ1) is 15.4. The number of hydrogen-bond acceptors (Lipinski definition) is 4. The molecule has 2 heterocycles. The second-order valence-electron chi connectivity index (χ2n) is 5.02. The van der Waals surface area contributed by atoms with Crippen molar-refractivity contribution < 1.29 is 13.9 Å². The van der Waals surface area contributed by atoms with E-state index in [-0.39, 0.29) is 12.1 Å². The number of furan rings is 1. The maximum atomic E-state index is 11.7. The van der Waals surface area contributed by atoms with Gasteiger partial charge in [-0.05, 0) is 47.8 Å². The molecule has 6 heteroatoms. The van der Waals surface area contributed by atoms with Gasteiger partial charge in [0.2, 0.25) is 0 Å². The Morgan fingerprint density at radius 1 is 1.50 bits per heavy atom. The molecule has 20 heavy (non-hydrogen) atoms. The fourth-order valence-corrected chi connectivity index (χ4v) is 2.84. The summed E-state index contributed by atoms with van der Waals surface area (Å²) in [6.45, 7) is 5.01. The fourth-order valence-electron chi connectivity index (χ4n) is 2.50. The number of carbonyl (C=O) groups excluding carboxylic acids is 1. The van der Waals surface area contributed by atoms with Crippen LogP contribution in [0.2, 0.25) is 0 Å². The van der Waals surface area contributed by atoms with Crippen molar-refractivity contribution in [3.8, 4) is 0 Å². The van der Waals surface area contributed by atoms with Crippen LogP contribution in [0.25, 0.3) is 0 Å². The lowest BCUT2D eigenvalue weighted by Gasteiger charge is -2.35. The molecule has 2 rings (SSSR count). The normalized spacial score (nSPS) is 17.1. The third kappa shape index (κ3) is 3.99. The molecule has 1 amide bonds. The molecule has 112 valence electrons. The molecule has 1 aliphatic rings. The lowest BCUT2D eigenvalue weighted by atomic mass is 10.0. The molecule has 0 N–H and O–H groups in total. The second-order valence-corrected chi connectivity index (χ2v) is 5.80. The highest BCUT2D eigenvalue weighted by Crippen LogP contribution is 2.20. The van der Waals surface area contributed by atoms with E-state index < -0.39 is 0 Å². The van der Waals surface area contributed by atoms with Crippen molar-refractivity contribution in [2.24, 2.45) is 0 Å². The molecule has 1 fully saturated rings. The van der Waals surface area contributed by atoms with E-state index >= 15 is 0 Å². The summed E-state index contributed by atoms with van der Waals surface area (Å²) in [5, 5.41) is 0. The maximum Gasteiger partial charge on any atom is 0.409 e. The van der Waals surface area contributed by atoms with Crippen molar-refractivity contribution in [1.29, 1.82) is 0 Å². The zero-order valence-corrected chi connectivity index (χ0v) is 13.6. The van der Waals surface area contributed by atoms with Crippen molar-refractivity contribution in [3.63, 3.8) is 0 Å². The number of hydrogen-bond donors (Lipinski definition) is 0. The van der Waals surface area contributed by atoms with Gasteiger partial charge < -0.3 is 14.1 Å². The topological polar surface area (TPSA) is 45.9 Å². The number of ether oxygens (including phenoxy) is 1. The predicted molar refractivity (Wildman–Crippen MR) is 79.5 cm³/mol. The molecular weight excluding hydrogens is 324 g/mol. The highest BCUT2D eigenvalue weighted by Gasteiger charge is 2.26. The number of carbonyl (C=O) groups is 1. The molecule has 5 nitrogen and oxygen atoms in total. The first-order valence-corrected chi connectivity index (χ1v) is 7.75. The molecule has 1 saturated heterocycles. The molecule has 0 atom stereocenters. The zero-order valence-electron chi connectivity index (χ0n) is 12.0. The monoisotopic (exact) mass is 344 g/mol. The van der Waals surface area contributed by atoms with Crippen LogP contribution in [-0.4, -0.2) is 48.7 Å². The molecule has 0 unspecified atom stereocenters. The summed E-state index contributed by atoms with van der Waals surface area (Å²) in [7, 11) is 1.82. The van der Waals surface area contributed by atoms with Crippen LogP contribution in [0.4, 0.5) is 4.79 Å². The Bertz CT molecular complexity index is 441. The highest BCUT2D eigenvalue weighted by atomic mass is 79.9. The SMILES string of the molecule is CCOC(=O)N(C)C1CCN(Cc2ccc(Br)o2)CC1. The van der Waals surface area contributed by atoms with Crippen LogP contribution in [-0.2, 0) is 11.3 Å². The Balaban J connectivity index is 1.78. The average molecular weight is 345 g/mol. The molecular formula is C14H21BrN2O3. The summed E-state index contributed by atoms with van der Waals surface area (Å²) in [6, 6.07) is 4.17. The molecule has 1 aromatic heterocycles. The second kappa shape index (κ2) is 7.13. The number of likely N-dealkylation sites (tertiary alicyclic amines) is 1.